The number of rotatable bonds is 7. The number of carbonyl (C=O) groups excluding carboxylic acids is 1. The van der Waals surface area contributed by atoms with E-state index >= 15 is 0 Å². The molecule has 0 saturated carbocycles. The fourth-order valence-corrected chi connectivity index (χ4v) is 2.38. The average molecular weight is 374 g/mol. The van der Waals surface area contributed by atoms with Gasteiger partial charge in [-0.3, -0.25) is 4.79 Å². The second-order valence-corrected chi connectivity index (χ2v) is 5.63. The maximum absolute atomic E-state index is 12.3. The molecule has 7 heteroatoms. The summed E-state index contributed by atoms with van der Waals surface area (Å²) in [6.45, 7) is 1.06. The summed E-state index contributed by atoms with van der Waals surface area (Å²) in [6.07, 6.45) is 2.24. The van der Waals surface area contributed by atoms with E-state index in [-0.39, 0.29) is 36.8 Å². The minimum absolute atomic E-state index is 0. The number of hydrogen-bond donors (Lipinski definition) is 2. The summed E-state index contributed by atoms with van der Waals surface area (Å²) < 4.78 is 5.22. The second-order valence-electron chi connectivity index (χ2n) is 5.63. The first-order valence-corrected chi connectivity index (χ1v) is 7.35. The number of amides is 1. The van der Waals surface area contributed by atoms with Crippen molar-refractivity contribution < 1.29 is 9.21 Å². The van der Waals surface area contributed by atoms with E-state index in [2.05, 4.69) is 22.3 Å². The highest BCUT2D eigenvalue weighted by Gasteiger charge is 2.17. The number of benzene rings is 1. The van der Waals surface area contributed by atoms with Gasteiger partial charge >= 0.3 is 0 Å². The molecule has 1 aromatic carbocycles. The highest BCUT2D eigenvalue weighted by molar-refractivity contribution is 5.94. The smallest absolute Gasteiger partial charge is 0.254 e. The number of nitrogens with two attached hydrogens (primary N) is 1. The number of furan rings is 1. The van der Waals surface area contributed by atoms with Crippen LogP contribution in [-0.2, 0) is 13.0 Å². The highest BCUT2D eigenvalue weighted by Crippen LogP contribution is 2.09. The molecule has 0 radical (unpaired) electrons. The molecule has 3 N–H and O–H groups in total. The third-order valence-corrected chi connectivity index (χ3v) is 3.36. The van der Waals surface area contributed by atoms with Crippen molar-refractivity contribution in [1.82, 2.24) is 10.2 Å². The Kier molecular flexibility index (Phi) is 10.4. The minimum atomic E-state index is -0.133. The Morgan fingerprint density at radius 3 is 2.46 bits per heavy atom. The predicted molar refractivity (Wildman–Crippen MR) is 101 cm³/mol. The van der Waals surface area contributed by atoms with Crippen LogP contribution in [0.2, 0.25) is 0 Å². The lowest BCUT2D eigenvalue weighted by Gasteiger charge is -2.22. The molecule has 0 bridgehead atoms. The number of likely N-dealkylation sites (N-methyl/N-ethyl adjacent to an activating group) is 1. The molecule has 0 aliphatic rings. The highest BCUT2D eigenvalue weighted by atomic mass is 35.5. The van der Waals surface area contributed by atoms with Crippen molar-refractivity contribution in [2.75, 3.05) is 20.6 Å². The van der Waals surface area contributed by atoms with Gasteiger partial charge in [-0.15, -0.1) is 24.8 Å². The van der Waals surface area contributed by atoms with Gasteiger partial charge in [-0.1, -0.05) is 30.3 Å². The molecule has 0 aliphatic heterocycles. The summed E-state index contributed by atoms with van der Waals surface area (Å²) in [7, 11) is 3.99. The molecule has 24 heavy (non-hydrogen) atoms. The predicted octanol–water partition coefficient (Wildman–Crippen LogP) is 2.48. The summed E-state index contributed by atoms with van der Waals surface area (Å²) in [5.74, 6) is 0.476. The Bertz CT molecular complexity index is 603. The molecule has 2 aromatic rings. The second kappa shape index (κ2) is 11.1. The van der Waals surface area contributed by atoms with Crippen molar-refractivity contribution in [3.8, 4) is 0 Å². The lowest BCUT2D eigenvalue weighted by molar-refractivity contribution is 0.0929. The molecular formula is C17H25Cl2N3O2. The summed E-state index contributed by atoms with van der Waals surface area (Å²) in [5, 5.41) is 3.07. The van der Waals surface area contributed by atoms with Crippen molar-refractivity contribution in [2.45, 2.75) is 19.0 Å². The zero-order chi connectivity index (χ0) is 15.9. The zero-order valence-electron chi connectivity index (χ0n) is 13.9. The number of nitrogens with zero attached hydrogens (tertiary/aromatic N) is 1. The van der Waals surface area contributed by atoms with E-state index in [0.29, 0.717) is 17.9 Å². The van der Waals surface area contributed by atoms with E-state index in [0.717, 1.165) is 13.0 Å². The molecule has 0 spiro atoms. The normalized spacial score (nSPS) is 11.3. The third kappa shape index (κ3) is 6.93. The molecule has 1 atom stereocenters. The van der Waals surface area contributed by atoms with Crippen LogP contribution in [0.4, 0.5) is 0 Å². The molecule has 134 valence electrons. The van der Waals surface area contributed by atoms with Gasteiger partial charge in [0.2, 0.25) is 0 Å². The Morgan fingerprint density at radius 1 is 1.25 bits per heavy atom. The first-order chi connectivity index (χ1) is 10.6. The van der Waals surface area contributed by atoms with Gasteiger partial charge in [0.05, 0.1) is 12.1 Å². The Balaban J connectivity index is 0.00000264. The van der Waals surface area contributed by atoms with Crippen LogP contribution in [0, 0.1) is 0 Å². The van der Waals surface area contributed by atoms with Gasteiger partial charge in [0, 0.05) is 12.6 Å². The fourth-order valence-electron chi connectivity index (χ4n) is 2.38. The van der Waals surface area contributed by atoms with E-state index in [1.54, 1.807) is 6.07 Å². The number of hydrogen-bond acceptors (Lipinski definition) is 4. The fraction of sp³-hybridized carbons (Fsp3) is 0.353. The Labute approximate surface area is 155 Å². The maximum Gasteiger partial charge on any atom is 0.254 e. The van der Waals surface area contributed by atoms with Gasteiger partial charge in [-0.2, -0.15) is 0 Å². The summed E-state index contributed by atoms with van der Waals surface area (Å²) in [5.41, 5.74) is 7.21. The average Bonchev–Trinajstić information content (AvgIpc) is 2.96. The first-order valence-electron chi connectivity index (χ1n) is 7.35. The van der Waals surface area contributed by atoms with Crippen LogP contribution in [0.3, 0.4) is 0 Å². The lowest BCUT2D eigenvalue weighted by Crippen LogP contribution is -2.43. The molecule has 0 aliphatic carbocycles. The molecule has 0 saturated heterocycles. The number of halogens is 2. The number of nitrogens with one attached hydrogen (secondary N) is 1. The van der Waals surface area contributed by atoms with E-state index < -0.39 is 0 Å². The van der Waals surface area contributed by atoms with Gasteiger partial charge in [-0.25, -0.2) is 0 Å². The van der Waals surface area contributed by atoms with Gasteiger partial charge in [-0.05, 0) is 32.1 Å². The third-order valence-electron chi connectivity index (χ3n) is 3.36. The molecular weight excluding hydrogens is 349 g/mol. The topological polar surface area (TPSA) is 71.5 Å². The summed E-state index contributed by atoms with van der Waals surface area (Å²) >= 11 is 0. The van der Waals surface area contributed by atoms with Crippen LogP contribution in [0.5, 0.6) is 0 Å². The van der Waals surface area contributed by atoms with E-state index in [1.807, 2.05) is 32.3 Å². The van der Waals surface area contributed by atoms with Gasteiger partial charge in [0.15, 0.2) is 0 Å². The van der Waals surface area contributed by atoms with Crippen LogP contribution in [0.25, 0.3) is 0 Å². The largest absolute Gasteiger partial charge is 0.467 e. The molecule has 1 aromatic heterocycles. The van der Waals surface area contributed by atoms with Gasteiger partial charge < -0.3 is 20.4 Å². The molecule has 1 amide bonds. The molecule has 1 heterocycles. The Hall–Kier alpha value is -1.53. The van der Waals surface area contributed by atoms with Gasteiger partial charge in [0.25, 0.3) is 5.91 Å². The minimum Gasteiger partial charge on any atom is -0.467 e. The van der Waals surface area contributed by atoms with Crippen molar-refractivity contribution in [3.05, 3.63) is 59.5 Å². The standard InChI is InChI=1S/C17H23N3O2.2ClH/c1-20(2)11-15(8-13-6-4-3-5-7-13)19-17(21)14-9-16(10-18)22-12-14;;/h3-7,9,12,15H,8,10-11,18H2,1-2H3,(H,19,21);2*1H. The summed E-state index contributed by atoms with van der Waals surface area (Å²) in [4.78, 5) is 14.4. The Morgan fingerprint density at radius 2 is 1.92 bits per heavy atom. The van der Waals surface area contributed by atoms with Crippen LogP contribution in [0.1, 0.15) is 21.7 Å². The van der Waals surface area contributed by atoms with Crippen molar-refractivity contribution >= 4 is 30.7 Å². The van der Waals surface area contributed by atoms with E-state index in [9.17, 15) is 4.79 Å². The maximum atomic E-state index is 12.3. The lowest BCUT2D eigenvalue weighted by atomic mass is 10.1. The zero-order valence-corrected chi connectivity index (χ0v) is 15.5. The van der Waals surface area contributed by atoms with Crippen molar-refractivity contribution in [2.24, 2.45) is 5.73 Å². The molecule has 5 nitrogen and oxygen atoms in total. The molecule has 0 fully saturated rings. The van der Waals surface area contributed by atoms with Crippen molar-refractivity contribution in [3.63, 3.8) is 0 Å². The monoisotopic (exact) mass is 373 g/mol. The van der Waals surface area contributed by atoms with Crippen LogP contribution < -0.4 is 11.1 Å². The van der Waals surface area contributed by atoms with Crippen LogP contribution in [0.15, 0.2) is 47.1 Å². The molecule has 1 unspecified atom stereocenters. The van der Waals surface area contributed by atoms with Crippen molar-refractivity contribution in [1.29, 1.82) is 0 Å². The molecule has 2 rings (SSSR count). The van der Waals surface area contributed by atoms with Crippen LogP contribution in [-0.4, -0.2) is 37.5 Å². The first kappa shape index (κ1) is 22.5. The van der Waals surface area contributed by atoms with Gasteiger partial charge in [0.1, 0.15) is 12.0 Å². The van der Waals surface area contributed by atoms with E-state index in [4.69, 9.17) is 10.2 Å². The van der Waals surface area contributed by atoms with Crippen LogP contribution >= 0.6 is 24.8 Å². The van der Waals surface area contributed by atoms with E-state index in [1.165, 1.54) is 11.8 Å². The quantitative estimate of drug-likeness (QED) is 0.781. The summed E-state index contributed by atoms with van der Waals surface area (Å²) in [6, 6.07) is 11.9. The number of carbonyl (C=O) groups is 1. The SMILES string of the molecule is CN(C)CC(Cc1ccccc1)NC(=O)c1coc(CN)c1.Cl.Cl.